The molecule has 0 atom stereocenters. The van der Waals surface area contributed by atoms with E-state index in [-0.39, 0.29) is 4.90 Å². The lowest BCUT2D eigenvalue weighted by Crippen LogP contribution is -2.19. The summed E-state index contributed by atoms with van der Waals surface area (Å²) < 4.78 is 31.8. The predicted molar refractivity (Wildman–Crippen MR) is 123 cm³/mol. The first-order chi connectivity index (χ1) is 14.5. The molecular formula is C25H23O3S2+. The van der Waals surface area contributed by atoms with Crippen LogP contribution < -0.4 is 0 Å². The lowest BCUT2D eigenvalue weighted by Gasteiger charge is -2.35. The summed E-state index contributed by atoms with van der Waals surface area (Å²) in [4.78, 5) is 2.87. The zero-order valence-corrected chi connectivity index (χ0v) is 18.2. The number of rotatable bonds is 6. The van der Waals surface area contributed by atoms with E-state index < -0.39 is 20.4 Å². The van der Waals surface area contributed by atoms with Crippen LogP contribution in [0.3, 0.4) is 0 Å². The Kier molecular flexibility index (Phi) is 5.77. The molecule has 0 spiro atoms. The van der Waals surface area contributed by atoms with E-state index in [1.807, 2.05) is 91.9 Å². The zero-order valence-electron chi connectivity index (χ0n) is 16.5. The number of benzene rings is 4. The van der Waals surface area contributed by atoms with Gasteiger partial charge >= 0.3 is 10.1 Å². The van der Waals surface area contributed by atoms with Crippen LogP contribution in [0.25, 0.3) is 0 Å². The summed E-state index contributed by atoms with van der Waals surface area (Å²) in [6.45, 7) is 2.01. The molecule has 4 aromatic rings. The second-order valence-corrected chi connectivity index (χ2v) is 11.4. The molecule has 5 heteroatoms. The van der Waals surface area contributed by atoms with Gasteiger partial charge in [-0.05, 0) is 55.0 Å². The van der Waals surface area contributed by atoms with Crippen molar-refractivity contribution in [3.63, 3.8) is 0 Å². The molecular weight excluding hydrogens is 412 g/mol. The highest BCUT2D eigenvalue weighted by Crippen LogP contribution is 2.69. The van der Waals surface area contributed by atoms with Gasteiger partial charge in [0.15, 0.2) is 0 Å². The van der Waals surface area contributed by atoms with E-state index in [0.717, 1.165) is 20.2 Å². The van der Waals surface area contributed by atoms with Crippen molar-refractivity contribution in [2.75, 3.05) is 0 Å². The van der Waals surface area contributed by atoms with Crippen molar-refractivity contribution >= 4 is 20.4 Å². The monoisotopic (exact) mass is 435 g/mol. The smallest absolute Gasteiger partial charge is 0.258 e. The number of aryl methyl sites for hydroxylation is 1. The molecule has 1 N–H and O–H groups in total. The Hall–Kier alpha value is -2.86. The van der Waals surface area contributed by atoms with Crippen molar-refractivity contribution in [3.8, 4) is 0 Å². The van der Waals surface area contributed by atoms with Gasteiger partial charge in [0.1, 0.15) is 4.90 Å². The average Bonchev–Trinajstić information content (AvgIpc) is 2.80. The lowest BCUT2D eigenvalue weighted by atomic mass is 10.2. The maximum Gasteiger partial charge on any atom is 0.422 e. The molecule has 0 aliphatic rings. The van der Waals surface area contributed by atoms with Gasteiger partial charge < -0.3 is 0 Å². The minimum Gasteiger partial charge on any atom is -0.258 e. The van der Waals surface area contributed by atoms with Crippen molar-refractivity contribution in [3.05, 3.63) is 121 Å². The Labute approximate surface area is 179 Å². The van der Waals surface area contributed by atoms with Gasteiger partial charge in [0.25, 0.3) is 0 Å². The molecule has 0 bridgehead atoms. The SMILES string of the molecule is Cc1ccccc1S([OH+]S(=O)(=O)c1ccccc1)(c1ccccc1)c1ccccc1. The molecule has 0 aliphatic carbocycles. The van der Waals surface area contributed by atoms with Gasteiger partial charge in [0.2, 0.25) is 0 Å². The second-order valence-electron chi connectivity index (χ2n) is 6.83. The Balaban J connectivity index is 2.05. The fraction of sp³-hybridized carbons (Fsp3) is 0.0400. The molecule has 0 radical (unpaired) electrons. The standard InChI is InChI=1S/C25H22O3S2/c1-21-13-11-12-20-25(21)29(22-14-5-2-6-15-22,23-16-7-3-8-17-23)28-30(26,27)24-18-9-4-10-19-24/h2-20H,1H3/p+1. The van der Waals surface area contributed by atoms with Crippen LogP contribution in [0.4, 0.5) is 0 Å². The molecule has 4 aromatic carbocycles. The van der Waals surface area contributed by atoms with Crippen molar-refractivity contribution in [2.24, 2.45) is 0 Å². The first-order valence-electron chi connectivity index (χ1n) is 9.57. The van der Waals surface area contributed by atoms with E-state index in [9.17, 15) is 8.42 Å². The largest absolute Gasteiger partial charge is 0.422 e. The molecule has 0 heterocycles. The van der Waals surface area contributed by atoms with Gasteiger partial charge in [-0.3, -0.25) is 3.63 Å². The van der Waals surface area contributed by atoms with E-state index in [2.05, 4.69) is 0 Å². The fourth-order valence-electron chi connectivity index (χ4n) is 3.42. The fourth-order valence-corrected chi connectivity index (χ4v) is 9.15. The van der Waals surface area contributed by atoms with E-state index >= 15 is 0 Å². The Morgan fingerprint density at radius 1 is 0.533 bits per heavy atom. The number of hydrogen-bond donors (Lipinski definition) is 0. The average molecular weight is 436 g/mol. The van der Waals surface area contributed by atoms with Gasteiger partial charge in [-0.25, -0.2) is 0 Å². The van der Waals surface area contributed by atoms with Crippen LogP contribution in [-0.4, -0.2) is 12.0 Å². The first-order valence-corrected chi connectivity index (χ1v) is 12.6. The lowest BCUT2D eigenvalue weighted by molar-refractivity contribution is 0.387. The third-order valence-corrected chi connectivity index (χ3v) is 10.4. The summed E-state index contributed by atoms with van der Waals surface area (Å²) >= 11 is 0. The zero-order chi connectivity index (χ0) is 21.0. The third kappa shape index (κ3) is 3.79. The number of hydrogen-bond acceptors (Lipinski definition) is 2. The summed E-state index contributed by atoms with van der Waals surface area (Å²) in [6.07, 6.45) is 0. The van der Waals surface area contributed by atoms with Gasteiger partial charge in [-0.1, -0.05) is 72.8 Å². The summed E-state index contributed by atoms with van der Waals surface area (Å²) in [6, 6.07) is 35.8. The molecule has 3 nitrogen and oxygen atoms in total. The maximum absolute atomic E-state index is 13.5. The van der Waals surface area contributed by atoms with Crippen LogP contribution in [0.1, 0.15) is 5.56 Å². The maximum atomic E-state index is 13.5. The van der Waals surface area contributed by atoms with Gasteiger partial charge in [-0.2, -0.15) is 0 Å². The Morgan fingerprint density at radius 3 is 1.40 bits per heavy atom. The molecule has 0 aromatic heterocycles. The highest BCUT2D eigenvalue weighted by molar-refractivity contribution is 8.32. The molecule has 0 fully saturated rings. The molecule has 0 saturated heterocycles. The first kappa shape index (κ1) is 20.4. The van der Waals surface area contributed by atoms with E-state index in [4.69, 9.17) is 3.63 Å². The van der Waals surface area contributed by atoms with Crippen molar-refractivity contribution in [1.29, 1.82) is 0 Å². The van der Waals surface area contributed by atoms with E-state index in [1.54, 1.807) is 30.3 Å². The molecule has 4 rings (SSSR count). The van der Waals surface area contributed by atoms with Gasteiger partial charge in [0.05, 0.1) is 25.0 Å². The second kappa shape index (κ2) is 8.48. The van der Waals surface area contributed by atoms with Crippen LogP contribution in [0.5, 0.6) is 0 Å². The Morgan fingerprint density at radius 2 is 0.933 bits per heavy atom. The highest BCUT2D eigenvalue weighted by Gasteiger charge is 2.44. The molecule has 0 saturated carbocycles. The van der Waals surface area contributed by atoms with E-state index in [0.29, 0.717) is 0 Å². The quantitative estimate of drug-likeness (QED) is 0.251. The summed E-state index contributed by atoms with van der Waals surface area (Å²) in [7, 11) is -6.35. The molecule has 0 unspecified atom stereocenters. The van der Waals surface area contributed by atoms with Crippen LogP contribution in [0, 0.1) is 6.92 Å². The minimum absolute atomic E-state index is 0.197. The van der Waals surface area contributed by atoms with Crippen molar-refractivity contribution in [1.82, 2.24) is 0 Å². The predicted octanol–water partition coefficient (Wildman–Crippen LogP) is 6.67. The van der Waals surface area contributed by atoms with E-state index in [1.165, 1.54) is 0 Å². The van der Waals surface area contributed by atoms with Crippen molar-refractivity contribution < 1.29 is 12.0 Å². The molecule has 30 heavy (non-hydrogen) atoms. The normalized spacial score (nSPS) is 12.4. The van der Waals surface area contributed by atoms with Crippen LogP contribution >= 0.6 is 10.3 Å². The molecule has 152 valence electrons. The van der Waals surface area contributed by atoms with Crippen molar-refractivity contribution in [2.45, 2.75) is 26.5 Å². The van der Waals surface area contributed by atoms with Crippen LogP contribution in [0.15, 0.2) is 135 Å². The van der Waals surface area contributed by atoms with Gasteiger partial charge in [0, 0.05) is 0 Å². The Bertz CT molecular complexity index is 1180. The van der Waals surface area contributed by atoms with Crippen LogP contribution in [-0.2, 0) is 10.1 Å². The summed E-state index contributed by atoms with van der Waals surface area (Å²) in [5.41, 5.74) is 1.01. The summed E-state index contributed by atoms with van der Waals surface area (Å²) in [5.74, 6) is 0. The van der Waals surface area contributed by atoms with Gasteiger partial charge in [-0.15, -0.1) is 8.42 Å². The molecule has 0 amide bonds. The topological polar surface area (TPSA) is 46.9 Å². The third-order valence-electron chi connectivity index (χ3n) is 4.83. The molecule has 0 aliphatic heterocycles. The summed E-state index contributed by atoms with van der Waals surface area (Å²) in [5, 5.41) is 0. The van der Waals surface area contributed by atoms with Crippen LogP contribution in [0.2, 0.25) is 0 Å². The highest BCUT2D eigenvalue weighted by atomic mass is 32.3. The minimum atomic E-state index is -3.92.